The first-order valence-corrected chi connectivity index (χ1v) is 9.82. The maximum absolute atomic E-state index is 11.6. The average Bonchev–Trinajstić information content (AvgIpc) is 3.09. The van der Waals surface area contributed by atoms with Gasteiger partial charge >= 0.3 is 0 Å². The van der Waals surface area contributed by atoms with Gasteiger partial charge < -0.3 is 4.57 Å². The summed E-state index contributed by atoms with van der Waals surface area (Å²) in [5, 5.41) is 2.98. The van der Waals surface area contributed by atoms with Crippen LogP contribution in [0.25, 0.3) is 10.8 Å². The Balaban J connectivity index is 1.80. The number of hydrogen-bond acceptors (Lipinski definition) is 5. The van der Waals surface area contributed by atoms with E-state index >= 15 is 0 Å². The summed E-state index contributed by atoms with van der Waals surface area (Å²) in [4.78, 5) is 9.03. The van der Waals surface area contributed by atoms with Gasteiger partial charge in [-0.3, -0.25) is 0 Å². The van der Waals surface area contributed by atoms with Gasteiger partial charge in [0.25, 0.3) is 0 Å². The SMILES string of the molecule is CC(C)c1csc(-c2nccn2CC2CCS(=O)(=O)C2)n1. The molecule has 2 aromatic heterocycles. The van der Waals surface area contributed by atoms with Gasteiger partial charge in [-0.25, -0.2) is 18.4 Å². The molecular weight excluding hydrogens is 306 g/mol. The van der Waals surface area contributed by atoms with Gasteiger partial charge in [-0.1, -0.05) is 13.8 Å². The summed E-state index contributed by atoms with van der Waals surface area (Å²) >= 11 is 1.59. The van der Waals surface area contributed by atoms with Gasteiger partial charge in [-0.05, 0) is 18.3 Å². The van der Waals surface area contributed by atoms with Crippen LogP contribution in [0.15, 0.2) is 17.8 Å². The molecule has 5 nitrogen and oxygen atoms in total. The molecule has 114 valence electrons. The van der Waals surface area contributed by atoms with Gasteiger partial charge in [0.05, 0.1) is 17.2 Å². The molecule has 21 heavy (non-hydrogen) atoms. The van der Waals surface area contributed by atoms with Crippen LogP contribution in [0.1, 0.15) is 31.9 Å². The van der Waals surface area contributed by atoms with E-state index in [0.717, 1.165) is 22.9 Å². The van der Waals surface area contributed by atoms with Gasteiger partial charge in [-0.2, -0.15) is 0 Å². The Morgan fingerprint density at radius 3 is 2.90 bits per heavy atom. The maximum atomic E-state index is 11.6. The van der Waals surface area contributed by atoms with Crippen molar-refractivity contribution >= 4 is 21.2 Å². The molecule has 3 heterocycles. The fourth-order valence-corrected chi connectivity index (χ4v) is 5.44. The smallest absolute Gasteiger partial charge is 0.169 e. The van der Waals surface area contributed by atoms with Crippen LogP contribution in [-0.4, -0.2) is 34.5 Å². The van der Waals surface area contributed by atoms with E-state index in [0.29, 0.717) is 24.0 Å². The first-order chi connectivity index (χ1) is 9.94. The molecule has 1 atom stereocenters. The molecule has 1 aliphatic rings. The summed E-state index contributed by atoms with van der Waals surface area (Å²) in [7, 11) is -2.83. The van der Waals surface area contributed by atoms with Crippen molar-refractivity contribution in [3.05, 3.63) is 23.5 Å². The first kappa shape index (κ1) is 14.7. The molecular formula is C14H19N3O2S2. The lowest BCUT2D eigenvalue weighted by molar-refractivity contribution is 0.493. The molecule has 1 aliphatic heterocycles. The van der Waals surface area contributed by atoms with Crippen LogP contribution in [0.3, 0.4) is 0 Å². The maximum Gasteiger partial charge on any atom is 0.169 e. The van der Waals surface area contributed by atoms with Gasteiger partial charge in [0.15, 0.2) is 20.7 Å². The van der Waals surface area contributed by atoms with Crippen LogP contribution < -0.4 is 0 Å². The number of rotatable bonds is 4. The highest BCUT2D eigenvalue weighted by Gasteiger charge is 2.28. The molecule has 0 radical (unpaired) electrons. The van der Waals surface area contributed by atoms with E-state index in [9.17, 15) is 8.42 Å². The molecule has 2 aromatic rings. The van der Waals surface area contributed by atoms with Crippen molar-refractivity contribution in [2.45, 2.75) is 32.7 Å². The molecule has 0 N–H and O–H groups in total. The minimum Gasteiger partial charge on any atom is -0.329 e. The van der Waals surface area contributed by atoms with E-state index in [1.807, 2.05) is 10.8 Å². The highest BCUT2D eigenvalue weighted by atomic mass is 32.2. The molecule has 1 unspecified atom stereocenters. The van der Waals surface area contributed by atoms with Crippen molar-refractivity contribution in [3.8, 4) is 10.8 Å². The van der Waals surface area contributed by atoms with Crippen molar-refractivity contribution in [2.75, 3.05) is 11.5 Å². The van der Waals surface area contributed by atoms with Gasteiger partial charge in [-0.15, -0.1) is 11.3 Å². The van der Waals surface area contributed by atoms with Gasteiger partial charge in [0.2, 0.25) is 0 Å². The quantitative estimate of drug-likeness (QED) is 0.866. The van der Waals surface area contributed by atoms with Crippen molar-refractivity contribution < 1.29 is 8.42 Å². The van der Waals surface area contributed by atoms with Crippen molar-refractivity contribution in [3.63, 3.8) is 0 Å². The minimum atomic E-state index is -2.83. The largest absolute Gasteiger partial charge is 0.329 e. The number of imidazole rings is 1. The molecule has 1 fully saturated rings. The topological polar surface area (TPSA) is 64.8 Å². The zero-order valence-electron chi connectivity index (χ0n) is 12.2. The Morgan fingerprint density at radius 2 is 2.29 bits per heavy atom. The van der Waals surface area contributed by atoms with Crippen LogP contribution in [0.5, 0.6) is 0 Å². The van der Waals surface area contributed by atoms with Crippen molar-refractivity contribution in [1.82, 2.24) is 14.5 Å². The fourth-order valence-electron chi connectivity index (χ4n) is 2.60. The predicted molar refractivity (Wildman–Crippen MR) is 84.2 cm³/mol. The highest BCUT2D eigenvalue weighted by Crippen LogP contribution is 2.27. The third-order valence-electron chi connectivity index (χ3n) is 3.80. The summed E-state index contributed by atoms with van der Waals surface area (Å²) in [6.07, 6.45) is 4.42. The second-order valence-electron chi connectivity index (χ2n) is 5.90. The summed E-state index contributed by atoms with van der Waals surface area (Å²) in [6, 6.07) is 0. The second-order valence-corrected chi connectivity index (χ2v) is 8.99. The molecule has 0 aliphatic carbocycles. The van der Waals surface area contributed by atoms with E-state index in [-0.39, 0.29) is 5.92 Å². The average molecular weight is 325 g/mol. The van der Waals surface area contributed by atoms with E-state index < -0.39 is 9.84 Å². The van der Waals surface area contributed by atoms with Crippen LogP contribution in [-0.2, 0) is 16.4 Å². The zero-order chi connectivity index (χ0) is 15.0. The third kappa shape index (κ3) is 3.18. The molecule has 7 heteroatoms. The Morgan fingerprint density at radius 1 is 1.48 bits per heavy atom. The van der Waals surface area contributed by atoms with E-state index in [1.54, 1.807) is 17.5 Å². The monoisotopic (exact) mass is 325 g/mol. The van der Waals surface area contributed by atoms with Crippen LogP contribution in [0, 0.1) is 5.92 Å². The number of thiazole rings is 1. The van der Waals surface area contributed by atoms with E-state index in [2.05, 4.69) is 29.2 Å². The van der Waals surface area contributed by atoms with E-state index in [4.69, 9.17) is 0 Å². The second kappa shape index (κ2) is 5.53. The summed E-state index contributed by atoms with van der Waals surface area (Å²) in [6.45, 7) is 4.94. The van der Waals surface area contributed by atoms with Gasteiger partial charge in [0.1, 0.15) is 0 Å². The molecule has 0 bridgehead atoms. The number of hydrogen-bond donors (Lipinski definition) is 0. The zero-order valence-corrected chi connectivity index (χ0v) is 13.8. The highest BCUT2D eigenvalue weighted by molar-refractivity contribution is 7.91. The molecule has 0 amide bonds. The van der Waals surface area contributed by atoms with Crippen LogP contribution in [0.4, 0.5) is 0 Å². The standard InChI is InChI=1S/C14H19N3O2S2/c1-10(2)12-8-20-14(16-12)13-15-4-5-17(13)7-11-3-6-21(18,19)9-11/h4-5,8,10-11H,3,6-7,9H2,1-2H3. The van der Waals surface area contributed by atoms with Crippen LogP contribution >= 0.6 is 11.3 Å². The van der Waals surface area contributed by atoms with Gasteiger partial charge in [0, 0.05) is 24.3 Å². The Kier molecular flexibility index (Phi) is 3.88. The summed E-state index contributed by atoms with van der Waals surface area (Å²) < 4.78 is 25.2. The number of sulfone groups is 1. The van der Waals surface area contributed by atoms with Crippen molar-refractivity contribution in [2.24, 2.45) is 5.92 Å². The van der Waals surface area contributed by atoms with Crippen LogP contribution in [0.2, 0.25) is 0 Å². The first-order valence-electron chi connectivity index (χ1n) is 7.12. The Bertz CT molecular complexity index is 731. The number of nitrogens with zero attached hydrogens (tertiary/aromatic N) is 3. The molecule has 3 rings (SSSR count). The van der Waals surface area contributed by atoms with E-state index in [1.165, 1.54) is 0 Å². The summed E-state index contributed by atoms with van der Waals surface area (Å²) in [5.74, 6) is 2.04. The minimum absolute atomic E-state index is 0.187. The predicted octanol–water partition coefficient (Wildman–Crippen LogP) is 2.56. The van der Waals surface area contributed by atoms with Crippen molar-refractivity contribution in [1.29, 1.82) is 0 Å². The molecule has 1 saturated heterocycles. The lowest BCUT2D eigenvalue weighted by Gasteiger charge is -2.10. The Hall–Kier alpha value is -1.21. The fraction of sp³-hybridized carbons (Fsp3) is 0.571. The molecule has 0 aromatic carbocycles. The molecule has 0 saturated carbocycles. The third-order valence-corrected chi connectivity index (χ3v) is 6.50. The molecule has 0 spiro atoms. The number of aromatic nitrogens is 3. The normalized spacial score (nSPS) is 21.2. The Labute approximate surface area is 129 Å². The lowest BCUT2D eigenvalue weighted by Crippen LogP contribution is -2.12. The summed E-state index contributed by atoms with van der Waals surface area (Å²) in [5.41, 5.74) is 1.08. The lowest BCUT2D eigenvalue weighted by atomic mass is 10.1.